The highest BCUT2D eigenvalue weighted by atomic mass is 19.1. The van der Waals surface area contributed by atoms with Crippen LogP contribution in [0.2, 0.25) is 0 Å². The van der Waals surface area contributed by atoms with E-state index in [0.717, 1.165) is 0 Å². The predicted octanol–water partition coefficient (Wildman–Crippen LogP) is 1.73. The van der Waals surface area contributed by atoms with E-state index in [1.807, 2.05) is 0 Å². The molecule has 1 rings (SSSR count). The summed E-state index contributed by atoms with van der Waals surface area (Å²) in [6.07, 6.45) is -0.435. The van der Waals surface area contributed by atoms with E-state index in [1.165, 1.54) is 0 Å². The van der Waals surface area contributed by atoms with E-state index in [-0.39, 0.29) is 0 Å². The number of nitro benzene ring substituents is 1. The van der Waals surface area contributed by atoms with Gasteiger partial charge in [-0.1, -0.05) is 0 Å². The van der Waals surface area contributed by atoms with Crippen molar-refractivity contribution in [2.24, 2.45) is 0 Å². The molecule has 0 aromatic heterocycles. The molecule has 0 aliphatic rings. The van der Waals surface area contributed by atoms with Gasteiger partial charge in [-0.2, -0.15) is 4.39 Å². The average Bonchev–Trinajstić information content (AvgIpc) is 2.14. The van der Waals surface area contributed by atoms with E-state index >= 15 is 0 Å². The first-order valence-electron chi connectivity index (χ1n) is 4.40. The third-order valence-corrected chi connectivity index (χ3v) is 1.75. The van der Waals surface area contributed by atoms with Crippen LogP contribution in [-0.4, -0.2) is 22.6 Å². The predicted molar refractivity (Wildman–Crippen MR) is 50.8 cm³/mol. The van der Waals surface area contributed by atoms with Crippen LogP contribution in [0.5, 0.6) is 5.75 Å². The van der Waals surface area contributed by atoms with Crippen LogP contribution in [-0.2, 0) is 4.79 Å². The molecule has 0 fully saturated rings. The minimum absolute atomic E-state index is 0.349. The number of nitro groups is 1. The van der Waals surface area contributed by atoms with E-state index in [1.54, 1.807) is 0 Å². The molecular formula is C9H7F2NO5. The standard InChI is InChI=1S/C9H7F2NO5/c10-5-3-6(11)9(12(15)16)7(4-5)17-2-1-8(13)14/h3-4H,1-2H2,(H,13,14). The fraction of sp³-hybridized carbons (Fsp3) is 0.222. The molecule has 8 heteroatoms. The molecule has 0 bridgehead atoms. The molecule has 92 valence electrons. The molecule has 1 aromatic carbocycles. The number of carbonyl (C=O) groups is 1. The van der Waals surface area contributed by atoms with Crippen molar-refractivity contribution < 1.29 is 28.3 Å². The van der Waals surface area contributed by atoms with Crippen LogP contribution < -0.4 is 4.74 Å². The Bertz CT molecular complexity index is 463. The minimum atomic E-state index is -1.37. The van der Waals surface area contributed by atoms with Crippen molar-refractivity contribution in [3.63, 3.8) is 0 Å². The highest BCUT2D eigenvalue weighted by Gasteiger charge is 2.23. The zero-order valence-electron chi connectivity index (χ0n) is 8.35. The topological polar surface area (TPSA) is 89.7 Å². The largest absolute Gasteiger partial charge is 0.486 e. The lowest BCUT2D eigenvalue weighted by Gasteiger charge is -2.05. The van der Waals surface area contributed by atoms with Crippen LogP contribution in [0.3, 0.4) is 0 Å². The monoisotopic (exact) mass is 247 g/mol. The summed E-state index contributed by atoms with van der Waals surface area (Å²) in [5.74, 6) is -4.24. The van der Waals surface area contributed by atoms with E-state index in [4.69, 9.17) is 5.11 Å². The van der Waals surface area contributed by atoms with E-state index < -0.39 is 47.0 Å². The second-order valence-electron chi connectivity index (χ2n) is 2.98. The van der Waals surface area contributed by atoms with Crippen LogP contribution in [0.15, 0.2) is 12.1 Å². The first-order chi connectivity index (χ1) is 7.91. The summed E-state index contributed by atoms with van der Waals surface area (Å²) < 4.78 is 30.5. The Labute approximate surface area is 93.6 Å². The molecule has 0 saturated carbocycles. The molecule has 0 aliphatic carbocycles. The highest BCUT2D eigenvalue weighted by molar-refractivity contribution is 5.66. The number of hydrogen-bond donors (Lipinski definition) is 1. The number of hydrogen-bond acceptors (Lipinski definition) is 4. The van der Waals surface area contributed by atoms with E-state index in [9.17, 15) is 23.7 Å². The maximum Gasteiger partial charge on any atom is 0.346 e. The fourth-order valence-corrected chi connectivity index (χ4v) is 1.08. The van der Waals surface area contributed by atoms with Crippen molar-refractivity contribution in [3.05, 3.63) is 33.9 Å². The Balaban J connectivity index is 2.96. The Morgan fingerprint density at radius 3 is 2.65 bits per heavy atom. The lowest BCUT2D eigenvalue weighted by Crippen LogP contribution is -2.07. The Kier molecular flexibility index (Phi) is 3.91. The SMILES string of the molecule is O=C(O)CCOc1cc(F)cc(F)c1[N+](=O)[O-]. The fourth-order valence-electron chi connectivity index (χ4n) is 1.08. The van der Waals surface area contributed by atoms with Crippen molar-refractivity contribution in [2.75, 3.05) is 6.61 Å². The summed E-state index contributed by atoms with van der Waals surface area (Å²) in [5, 5.41) is 18.8. The van der Waals surface area contributed by atoms with Gasteiger partial charge in [-0.25, -0.2) is 4.39 Å². The van der Waals surface area contributed by atoms with Crippen molar-refractivity contribution >= 4 is 11.7 Å². The number of nitrogens with zero attached hydrogens (tertiary/aromatic N) is 1. The number of ether oxygens (including phenoxy) is 1. The van der Waals surface area contributed by atoms with Crippen molar-refractivity contribution in [1.29, 1.82) is 0 Å². The normalized spacial score (nSPS) is 10.0. The van der Waals surface area contributed by atoms with Gasteiger partial charge in [0.2, 0.25) is 11.6 Å². The molecule has 0 radical (unpaired) electrons. The number of benzene rings is 1. The van der Waals surface area contributed by atoms with Crippen LogP contribution in [0.4, 0.5) is 14.5 Å². The molecule has 0 amide bonds. The first-order valence-corrected chi connectivity index (χ1v) is 4.40. The third kappa shape index (κ3) is 3.37. The lowest BCUT2D eigenvalue weighted by atomic mass is 10.2. The van der Waals surface area contributed by atoms with Gasteiger partial charge >= 0.3 is 11.7 Å². The van der Waals surface area contributed by atoms with Crippen LogP contribution >= 0.6 is 0 Å². The zero-order valence-corrected chi connectivity index (χ0v) is 8.35. The van der Waals surface area contributed by atoms with Gasteiger partial charge in [-0.15, -0.1) is 0 Å². The summed E-state index contributed by atoms with van der Waals surface area (Å²) in [7, 11) is 0. The Hall–Kier alpha value is -2.25. The van der Waals surface area contributed by atoms with Crippen LogP contribution in [0, 0.1) is 21.7 Å². The zero-order chi connectivity index (χ0) is 13.0. The van der Waals surface area contributed by atoms with Gasteiger partial charge in [-0.05, 0) is 0 Å². The molecule has 1 aromatic rings. The molecule has 0 atom stereocenters. The molecule has 0 heterocycles. The quantitative estimate of drug-likeness (QED) is 0.632. The number of carboxylic acid groups (broad SMARTS) is 1. The van der Waals surface area contributed by atoms with Gasteiger partial charge in [0.05, 0.1) is 18.0 Å². The number of rotatable bonds is 5. The van der Waals surface area contributed by atoms with Crippen molar-refractivity contribution in [2.45, 2.75) is 6.42 Å². The molecule has 0 aliphatic heterocycles. The number of halogens is 2. The molecule has 6 nitrogen and oxygen atoms in total. The van der Waals surface area contributed by atoms with Crippen LogP contribution in [0.25, 0.3) is 0 Å². The lowest BCUT2D eigenvalue weighted by molar-refractivity contribution is -0.388. The summed E-state index contributed by atoms with van der Waals surface area (Å²) in [6.45, 7) is -0.418. The summed E-state index contributed by atoms with van der Waals surface area (Å²) in [5.41, 5.74) is -1.02. The minimum Gasteiger partial charge on any atom is -0.486 e. The van der Waals surface area contributed by atoms with Gasteiger partial charge in [0.1, 0.15) is 5.82 Å². The Morgan fingerprint density at radius 1 is 1.47 bits per heavy atom. The van der Waals surface area contributed by atoms with Gasteiger partial charge < -0.3 is 9.84 Å². The van der Waals surface area contributed by atoms with Gasteiger partial charge in [0.25, 0.3) is 0 Å². The van der Waals surface area contributed by atoms with Gasteiger partial charge in [0.15, 0.2) is 0 Å². The molecule has 0 unspecified atom stereocenters. The summed E-state index contributed by atoms with van der Waals surface area (Å²) in [6, 6.07) is 0.977. The summed E-state index contributed by atoms with van der Waals surface area (Å²) in [4.78, 5) is 19.6. The van der Waals surface area contributed by atoms with E-state index in [0.29, 0.717) is 12.1 Å². The number of aliphatic carboxylic acids is 1. The number of carboxylic acids is 1. The van der Waals surface area contributed by atoms with Crippen LogP contribution in [0.1, 0.15) is 6.42 Å². The van der Waals surface area contributed by atoms with Gasteiger partial charge in [0, 0.05) is 12.1 Å². The Morgan fingerprint density at radius 2 is 2.12 bits per heavy atom. The highest BCUT2D eigenvalue weighted by Crippen LogP contribution is 2.30. The van der Waals surface area contributed by atoms with Crippen molar-refractivity contribution in [3.8, 4) is 5.75 Å². The maximum atomic E-state index is 13.1. The van der Waals surface area contributed by atoms with Crippen molar-refractivity contribution in [1.82, 2.24) is 0 Å². The maximum absolute atomic E-state index is 13.1. The molecular weight excluding hydrogens is 240 g/mol. The third-order valence-electron chi connectivity index (χ3n) is 1.75. The molecule has 0 spiro atoms. The van der Waals surface area contributed by atoms with Gasteiger partial charge in [-0.3, -0.25) is 14.9 Å². The smallest absolute Gasteiger partial charge is 0.346 e. The average molecular weight is 247 g/mol. The second kappa shape index (κ2) is 5.19. The summed E-state index contributed by atoms with van der Waals surface area (Å²) >= 11 is 0. The second-order valence-corrected chi connectivity index (χ2v) is 2.98. The van der Waals surface area contributed by atoms with E-state index in [2.05, 4.69) is 4.74 Å². The molecule has 17 heavy (non-hydrogen) atoms. The molecule has 0 saturated heterocycles. The first kappa shape index (κ1) is 12.8. The molecule has 1 N–H and O–H groups in total.